The molecule has 2 nitrogen and oxygen atoms in total. The Kier molecular flexibility index (Phi) is 4.57. The predicted octanol–water partition coefficient (Wildman–Crippen LogP) is 3.51. The van der Waals surface area contributed by atoms with Crippen LogP contribution >= 0.6 is 11.8 Å². The maximum atomic E-state index is 11.4. The van der Waals surface area contributed by atoms with Gasteiger partial charge in [0.15, 0.2) is 5.78 Å². The molecule has 16 heavy (non-hydrogen) atoms. The summed E-state index contributed by atoms with van der Waals surface area (Å²) >= 11 is 1.64. The third-order valence-corrected chi connectivity index (χ3v) is 3.54. The number of Topliss-reactive ketones (excluding diaryl/α,β-unsaturated/α-hetero) is 1. The van der Waals surface area contributed by atoms with Gasteiger partial charge in [-0.2, -0.15) is 5.26 Å². The van der Waals surface area contributed by atoms with Crippen molar-refractivity contribution in [3.63, 3.8) is 0 Å². The molecule has 0 aromatic heterocycles. The van der Waals surface area contributed by atoms with E-state index in [0.29, 0.717) is 17.0 Å². The number of hydrogen-bond acceptors (Lipinski definition) is 3. The lowest BCUT2D eigenvalue weighted by Crippen LogP contribution is -1.98. The molecule has 0 aliphatic rings. The van der Waals surface area contributed by atoms with Crippen LogP contribution in [0.3, 0.4) is 0 Å². The average Bonchev–Trinajstić information content (AvgIpc) is 2.25. The average molecular weight is 233 g/mol. The summed E-state index contributed by atoms with van der Waals surface area (Å²) < 4.78 is 0. The van der Waals surface area contributed by atoms with E-state index in [4.69, 9.17) is 5.26 Å². The van der Waals surface area contributed by atoms with Gasteiger partial charge in [0.05, 0.1) is 11.6 Å². The second kappa shape index (κ2) is 5.72. The molecule has 0 spiro atoms. The van der Waals surface area contributed by atoms with Crippen molar-refractivity contribution in [3.05, 3.63) is 29.3 Å². The Hall–Kier alpha value is -1.27. The van der Waals surface area contributed by atoms with Gasteiger partial charge in [0.1, 0.15) is 0 Å². The minimum atomic E-state index is 0.0516. The van der Waals surface area contributed by atoms with Gasteiger partial charge in [-0.25, -0.2) is 0 Å². The zero-order valence-electron chi connectivity index (χ0n) is 9.78. The molecule has 84 valence electrons. The molecule has 0 bridgehead atoms. The molecular weight excluding hydrogens is 218 g/mol. The summed E-state index contributed by atoms with van der Waals surface area (Å²) in [4.78, 5) is 12.3. The van der Waals surface area contributed by atoms with Crippen LogP contribution in [0.4, 0.5) is 0 Å². The Morgan fingerprint density at radius 2 is 2.19 bits per heavy atom. The molecule has 0 aliphatic carbocycles. The van der Waals surface area contributed by atoms with Gasteiger partial charge in [0, 0.05) is 16.2 Å². The van der Waals surface area contributed by atoms with Crippen LogP contribution in [0, 0.1) is 17.2 Å². The lowest BCUT2D eigenvalue weighted by molar-refractivity contribution is 0.101. The largest absolute Gasteiger partial charge is 0.294 e. The van der Waals surface area contributed by atoms with Crippen molar-refractivity contribution in [2.75, 3.05) is 5.75 Å². The number of rotatable bonds is 4. The smallest absolute Gasteiger partial charge is 0.160 e. The number of carbonyl (C=O) groups excluding carboxylic acids is 1. The molecule has 0 amide bonds. The first-order chi connectivity index (χ1) is 7.54. The SMILES string of the molecule is CC(=O)c1ccc(C#N)cc1SCC(C)C. The number of carbonyl (C=O) groups is 1. The summed E-state index contributed by atoms with van der Waals surface area (Å²) in [5, 5.41) is 8.82. The Labute approximate surface area is 101 Å². The van der Waals surface area contributed by atoms with E-state index in [0.717, 1.165) is 10.6 Å². The van der Waals surface area contributed by atoms with E-state index in [1.54, 1.807) is 36.9 Å². The van der Waals surface area contributed by atoms with Gasteiger partial charge >= 0.3 is 0 Å². The van der Waals surface area contributed by atoms with Gasteiger partial charge in [-0.3, -0.25) is 4.79 Å². The van der Waals surface area contributed by atoms with Crippen molar-refractivity contribution in [3.8, 4) is 6.07 Å². The van der Waals surface area contributed by atoms with Crippen molar-refractivity contribution >= 4 is 17.5 Å². The zero-order chi connectivity index (χ0) is 12.1. The lowest BCUT2D eigenvalue weighted by Gasteiger charge is -2.08. The second-order valence-corrected chi connectivity index (χ2v) is 5.15. The molecule has 0 radical (unpaired) electrons. The van der Waals surface area contributed by atoms with Gasteiger partial charge in [0.2, 0.25) is 0 Å². The summed E-state index contributed by atoms with van der Waals surface area (Å²) in [5.41, 5.74) is 1.32. The predicted molar refractivity (Wildman–Crippen MR) is 66.7 cm³/mol. The van der Waals surface area contributed by atoms with Crippen molar-refractivity contribution in [1.29, 1.82) is 5.26 Å². The number of nitriles is 1. The van der Waals surface area contributed by atoms with Crippen LogP contribution in [0.2, 0.25) is 0 Å². The van der Waals surface area contributed by atoms with Gasteiger partial charge < -0.3 is 0 Å². The molecule has 0 saturated heterocycles. The van der Waals surface area contributed by atoms with Crippen LogP contribution in [0.15, 0.2) is 23.1 Å². The third-order valence-electron chi connectivity index (χ3n) is 2.06. The second-order valence-electron chi connectivity index (χ2n) is 4.08. The highest BCUT2D eigenvalue weighted by Crippen LogP contribution is 2.26. The summed E-state index contributed by atoms with van der Waals surface area (Å²) in [6.45, 7) is 5.82. The van der Waals surface area contributed by atoms with Crippen LogP contribution in [0.25, 0.3) is 0 Å². The topological polar surface area (TPSA) is 40.9 Å². The van der Waals surface area contributed by atoms with Crippen molar-refractivity contribution < 1.29 is 4.79 Å². The summed E-state index contributed by atoms with van der Waals surface area (Å²) in [6, 6.07) is 7.32. The highest BCUT2D eigenvalue weighted by molar-refractivity contribution is 7.99. The number of benzene rings is 1. The summed E-state index contributed by atoms with van der Waals surface area (Å²) in [7, 11) is 0. The molecule has 0 saturated carbocycles. The van der Waals surface area contributed by atoms with E-state index < -0.39 is 0 Å². The highest BCUT2D eigenvalue weighted by atomic mass is 32.2. The van der Waals surface area contributed by atoms with E-state index in [2.05, 4.69) is 19.9 Å². The number of hydrogen-bond donors (Lipinski definition) is 0. The maximum absolute atomic E-state index is 11.4. The fraction of sp³-hybridized carbons (Fsp3) is 0.385. The first-order valence-electron chi connectivity index (χ1n) is 5.22. The summed E-state index contributed by atoms with van der Waals surface area (Å²) in [6.07, 6.45) is 0. The van der Waals surface area contributed by atoms with Crippen LogP contribution < -0.4 is 0 Å². The Bertz CT molecular complexity index is 432. The quantitative estimate of drug-likeness (QED) is 0.590. The minimum Gasteiger partial charge on any atom is -0.294 e. The van der Waals surface area contributed by atoms with Gasteiger partial charge in [0.25, 0.3) is 0 Å². The molecule has 0 fully saturated rings. The molecule has 0 unspecified atom stereocenters. The maximum Gasteiger partial charge on any atom is 0.160 e. The molecule has 0 N–H and O–H groups in total. The first-order valence-corrected chi connectivity index (χ1v) is 6.21. The van der Waals surface area contributed by atoms with E-state index in [1.807, 2.05) is 0 Å². The monoisotopic (exact) mass is 233 g/mol. The first kappa shape index (κ1) is 12.8. The van der Waals surface area contributed by atoms with Gasteiger partial charge in [-0.15, -0.1) is 11.8 Å². The minimum absolute atomic E-state index is 0.0516. The van der Waals surface area contributed by atoms with Crippen LogP contribution in [-0.4, -0.2) is 11.5 Å². The number of nitrogens with zero attached hydrogens (tertiary/aromatic N) is 1. The number of thioether (sulfide) groups is 1. The standard InChI is InChI=1S/C13H15NOS/c1-9(2)8-16-13-6-11(7-14)4-5-12(13)10(3)15/h4-6,9H,8H2,1-3H3. The van der Waals surface area contributed by atoms with E-state index in [1.165, 1.54) is 0 Å². The lowest BCUT2D eigenvalue weighted by atomic mass is 10.1. The van der Waals surface area contributed by atoms with Crippen molar-refractivity contribution in [2.45, 2.75) is 25.7 Å². The highest BCUT2D eigenvalue weighted by Gasteiger charge is 2.09. The van der Waals surface area contributed by atoms with E-state index in [-0.39, 0.29) is 5.78 Å². The van der Waals surface area contributed by atoms with Crippen LogP contribution in [0.1, 0.15) is 36.7 Å². The molecule has 1 aromatic rings. The Morgan fingerprint density at radius 1 is 1.50 bits per heavy atom. The summed E-state index contributed by atoms with van der Waals surface area (Å²) in [5.74, 6) is 1.57. The van der Waals surface area contributed by atoms with Gasteiger partial charge in [-0.05, 0) is 31.0 Å². The normalized spacial score (nSPS) is 10.2. The zero-order valence-corrected chi connectivity index (χ0v) is 10.6. The third kappa shape index (κ3) is 3.39. The van der Waals surface area contributed by atoms with Crippen molar-refractivity contribution in [1.82, 2.24) is 0 Å². The van der Waals surface area contributed by atoms with Crippen LogP contribution in [0.5, 0.6) is 0 Å². The Morgan fingerprint density at radius 3 is 2.69 bits per heavy atom. The fourth-order valence-corrected chi connectivity index (χ4v) is 2.35. The molecular formula is C13H15NOS. The molecule has 0 atom stereocenters. The van der Waals surface area contributed by atoms with Gasteiger partial charge in [-0.1, -0.05) is 13.8 Å². The molecule has 3 heteroatoms. The molecule has 0 aliphatic heterocycles. The number of ketones is 1. The molecule has 0 heterocycles. The van der Waals surface area contributed by atoms with E-state index >= 15 is 0 Å². The van der Waals surface area contributed by atoms with Crippen LogP contribution in [-0.2, 0) is 0 Å². The van der Waals surface area contributed by atoms with E-state index in [9.17, 15) is 4.79 Å². The van der Waals surface area contributed by atoms with Crippen molar-refractivity contribution in [2.24, 2.45) is 5.92 Å². The Balaban J connectivity index is 3.02. The fourth-order valence-electron chi connectivity index (χ4n) is 1.26. The molecule has 1 rings (SSSR count). The molecule has 1 aromatic carbocycles.